The molecule has 126 valence electrons. The molecule has 0 spiro atoms. The van der Waals surface area contributed by atoms with Crippen molar-refractivity contribution in [3.8, 4) is 0 Å². The summed E-state index contributed by atoms with van der Waals surface area (Å²) in [5.74, 6) is 0.606. The average molecular weight is 313 g/mol. The van der Waals surface area contributed by atoms with E-state index in [9.17, 15) is 18.0 Å². The Bertz CT molecular complexity index is 328. The van der Waals surface area contributed by atoms with Crippen LogP contribution in [0.3, 0.4) is 0 Å². The molecule has 20 heavy (non-hydrogen) atoms. The molecule has 0 aliphatic rings. The molecule has 5 heteroatoms. The van der Waals surface area contributed by atoms with Gasteiger partial charge in [0.25, 0.3) is 0 Å². The topological polar surface area (TPSA) is 68.3 Å². The molecule has 4 nitrogen and oxygen atoms in total. The summed E-state index contributed by atoms with van der Waals surface area (Å²) in [7, 11) is -2.66. The summed E-state index contributed by atoms with van der Waals surface area (Å²) in [5, 5.41) is 0. The molecule has 0 saturated heterocycles. The summed E-state index contributed by atoms with van der Waals surface area (Å²) < 4.78 is 20.0. The molecule has 0 amide bonds. The van der Waals surface area contributed by atoms with Crippen LogP contribution in [0, 0.1) is 0 Å². The Balaban J connectivity index is -0.0000000343. The number of ketones is 2. The van der Waals surface area contributed by atoms with E-state index in [0.29, 0.717) is 6.42 Å². The van der Waals surface area contributed by atoms with Crippen LogP contribution in [0.25, 0.3) is 0 Å². The van der Waals surface area contributed by atoms with E-state index in [1.165, 1.54) is 19.3 Å². The molecule has 0 aromatic carbocycles. The van der Waals surface area contributed by atoms with Gasteiger partial charge in [-0.05, 0) is 26.8 Å². The fourth-order valence-corrected chi connectivity index (χ4v) is 0.235. The van der Waals surface area contributed by atoms with Crippen LogP contribution in [0.2, 0.25) is 0 Å². The molecule has 0 saturated carbocycles. The highest BCUT2D eigenvalue weighted by Gasteiger charge is 1.90. The van der Waals surface area contributed by atoms with E-state index < -0.39 is 9.84 Å². The van der Waals surface area contributed by atoms with Gasteiger partial charge in [0.1, 0.15) is 15.6 Å². The normalized spacial score (nSPS) is 8.30. The van der Waals surface area contributed by atoms with E-state index in [1.807, 2.05) is 13.8 Å². The Morgan fingerprint density at radius 3 is 1.25 bits per heavy atom. The lowest BCUT2D eigenvalue weighted by Crippen LogP contribution is -1.96. The zero-order chi connectivity index (χ0) is 14.5. The second kappa shape index (κ2) is 23.1. The van der Waals surface area contributed by atoms with Crippen LogP contribution in [-0.4, -0.2) is 32.0 Å². The molecular weight excluding hydrogens is 276 g/mol. The highest BCUT2D eigenvalue weighted by Crippen LogP contribution is 1.75. The molecule has 0 aliphatic heterocycles. The Hall–Kier alpha value is -0.970. The van der Waals surface area contributed by atoms with Gasteiger partial charge in [0.15, 0.2) is 5.78 Å². The smallest absolute Gasteiger partial charge is 0.152 e. The van der Waals surface area contributed by atoms with E-state index in [1.54, 1.807) is 19.9 Å². The van der Waals surface area contributed by atoms with Crippen molar-refractivity contribution in [2.75, 3.05) is 12.0 Å². The number of sulfone groups is 1. The van der Waals surface area contributed by atoms with Crippen molar-refractivity contribution < 1.29 is 18.0 Å². The largest absolute Gasteiger partial charge is 0.300 e. The number of Topliss-reactive ketones (excluding diaryl/α,β-unsaturated/α-hetero) is 1. The molecule has 0 aliphatic carbocycles. The molecule has 0 bridgehead atoms. The Morgan fingerprint density at radius 2 is 1.25 bits per heavy atom. The van der Waals surface area contributed by atoms with Gasteiger partial charge < -0.3 is 4.79 Å². The van der Waals surface area contributed by atoms with E-state index in [0.717, 1.165) is 0 Å². The maximum Gasteiger partial charge on any atom is 0.152 e. The predicted octanol–water partition coefficient (Wildman–Crippen LogP) is 4.10. The Labute approximate surface area is 127 Å². The minimum atomic E-state index is -2.66. The van der Waals surface area contributed by atoms with Crippen molar-refractivity contribution in [2.45, 2.75) is 63.3 Å². The molecule has 0 N–H and O–H groups in total. The van der Waals surface area contributed by atoms with Crippen LogP contribution in [-0.2, 0) is 19.4 Å². The van der Waals surface area contributed by atoms with Gasteiger partial charge in [0.05, 0.1) is 0 Å². The van der Waals surface area contributed by atoms with E-state index in [2.05, 4.69) is 0 Å². The van der Waals surface area contributed by atoms with Crippen molar-refractivity contribution in [2.24, 2.45) is 0 Å². The molecule has 0 atom stereocenters. The van der Waals surface area contributed by atoms with Crippen LogP contribution in [0.15, 0.2) is 12.2 Å². The quantitative estimate of drug-likeness (QED) is 0.736. The monoisotopic (exact) mass is 312 g/mol. The zero-order valence-corrected chi connectivity index (χ0v) is 12.4. The highest BCUT2D eigenvalue weighted by molar-refractivity contribution is 7.90. The summed E-state index contributed by atoms with van der Waals surface area (Å²) in [5.41, 5.74) is 0. The molecule has 0 aromatic heterocycles. The lowest BCUT2D eigenvalue weighted by molar-refractivity contribution is -0.116. The average Bonchev–Trinajstić information content (AvgIpc) is 2.18. The third-order valence-corrected chi connectivity index (χ3v) is 2.47. The first-order valence-corrected chi connectivity index (χ1v) is 7.47. The minimum absolute atomic E-state index is 0. The molecule has 0 fully saturated rings. The van der Waals surface area contributed by atoms with Crippen molar-refractivity contribution in [3.63, 3.8) is 0 Å². The van der Waals surface area contributed by atoms with Crippen LogP contribution >= 0.6 is 0 Å². The lowest BCUT2D eigenvalue weighted by atomic mass is 10.4. The standard InChI is InChI=1S/C5H8O.C4H8O.C3H8O2S.3CH4/c1-3-4-5(2)6;1-3-4(2)5;1-3-6(2,4)5;;;/h3-4H,1-2H3;3H2,1-2H3;3H2,1-2H3;3*1H4. The highest BCUT2D eigenvalue weighted by atomic mass is 32.2. The summed E-state index contributed by atoms with van der Waals surface area (Å²) in [6, 6.07) is 0. The van der Waals surface area contributed by atoms with Gasteiger partial charge >= 0.3 is 0 Å². The minimum Gasteiger partial charge on any atom is -0.300 e. The summed E-state index contributed by atoms with van der Waals surface area (Å²) in [6.45, 7) is 8.40. The molecular formula is C15H36O4S. The SMILES string of the molecule is C.C.C.CC=CC(C)=O.CCC(C)=O.CCS(C)(=O)=O. The van der Waals surface area contributed by atoms with Gasteiger partial charge in [-0.2, -0.15) is 0 Å². The summed E-state index contributed by atoms with van der Waals surface area (Å²) in [4.78, 5) is 19.8. The first kappa shape index (κ1) is 36.4. The lowest BCUT2D eigenvalue weighted by Gasteiger charge is -1.81. The van der Waals surface area contributed by atoms with Crippen molar-refractivity contribution in [3.05, 3.63) is 12.2 Å². The number of hydrogen-bond donors (Lipinski definition) is 0. The maximum absolute atomic E-state index is 10.0. The van der Waals surface area contributed by atoms with E-state index >= 15 is 0 Å². The molecule has 0 aromatic rings. The third-order valence-electron chi connectivity index (χ3n) is 1.42. The molecule has 0 unspecified atom stereocenters. The van der Waals surface area contributed by atoms with Crippen LogP contribution in [0.5, 0.6) is 0 Å². The van der Waals surface area contributed by atoms with E-state index in [-0.39, 0.29) is 39.6 Å². The molecule has 0 heterocycles. The van der Waals surface area contributed by atoms with Crippen molar-refractivity contribution in [1.82, 2.24) is 0 Å². The number of rotatable bonds is 3. The first-order chi connectivity index (χ1) is 7.60. The first-order valence-electron chi connectivity index (χ1n) is 5.41. The maximum atomic E-state index is 10.0. The van der Waals surface area contributed by atoms with Gasteiger partial charge in [-0.15, -0.1) is 0 Å². The third kappa shape index (κ3) is 88.5. The number of carbonyl (C=O) groups is 2. The van der Waals surface area contributed by atoms with Crippen LogP contribution in [0.1, 0.15) is 63.3 Å². The Morgan fingerprint density at radius 1 is 1.00 bits per heavy atom. The predicted molar refractivity (Wildman–Crippen MR) is 92.0 cm³/mol. The van der Waals surface area contributed by atoms with E-state index in [4.69, 9.17) is 0 Å². The number of carbonyl (C=O) groups excluding carboxylic acids is 2. The Kier molecular flexibility index (Phi) is 42.2. The fraction of sp³-hybridized carbons (Fsp3) is 0.733. The van der Waals surface area contributed by atoms with Gasteiger partial charge in [-0.1, -0.05) is 42.2 Å². The molecule has 0 rings (SSSR count). The zero-order valence-electron chi connectivity index (χ0n) is 11.6. The van der Waals surface area contributed by atoms with Gasteiger partial charge in [0, 0.05) is 18.4 Å². The number of hydrogen-bond acceptors (Lipinski definition) is 4. The van der Waals surface area contributed by atoms with Crippen LogP contribution < -0.4 is 0 Å². The second-order valence-electron chi connectivity index (χ2n) is 3.38. The van der Waals surface area contributed by atoms with Gasteiger partial charge in [-0.3, -0.25) is 4.79 Å². The van der Waals surface area contributed by atoms with Gasteiger partial charge in [0.2, 0.25) is 0 Å². The molecule has 0 radical (unpaired) electrons. The summed E-state index contributed by atoms with van der Waals surface area (Å²) in [6.07, 6.45) is 5.13. The van der Waals surface area contributed by atoms with Crippen molar-refractivity contribution >= 4 is 21.4 Å². The second-order valence-corrected chi connectivity index (χ2v) is 5.81. The summed E-state index contributed by atoms with van der Waals surface area (Å²) >= 11 is 0. The van der Waals surface area contributed by atoms with Gasteiger partial charge in [-0.25, -0.2) is 8.42 Å². The fourth-order valence-electron chi connectivity index (χ4n) is 0.235. The van der Waals surface area contributed by atoms with Crippen molar-refractivity contribution in [1.29, 1.82) is 0 Å². The van der Waals surface area contributed by atoms with Crippen LogP contribution in [0.4, 0.5) is 0 Å². The number of allylic oxidation sites excluding steroid dienone is 2.